The molecule has 0 bridgehead atoms. The highest BCUT2D eigenvalue weighted by molar-refractivity contribution is 5.99. The van der Waals surface area contributed by atoms with Crippen molar-refractivity contribution < 1.29 is 18.0 Å². The Morgan fingerprint density at radius 3 is 2.27 bits per heavy atom. The lowest BCUT2D eigenvalue weighted by Gasteiger charge is -2.15. The third kappa shape index (κ3) is 4.98. The number of carbonyl (C=O) groups excluding carboxylic acids is 1. The Morgan fingerprint density at radius 1 is 0.962 bits per heavy atom. The number of anilines is 2. The van der Waals surface area contributed by atoms with E-state index >= 15 is 0 Å². The highest BCUT2D eigenvalue weighted by Gasteiger charge is 2.30. The number of hydrogen-bond acceptors (Lipinski definition) is 2. The number of benzene rings is 2. The van der Waals surface area contributed by atoms with Gasteiger partial charge >= 0.3 is 12.2 Å². The normalized spacial score (nSPS) is 15.0. The molecule has 7 heteroatoms. The minimum Gasteiger partial charge on any atom is -0.308 e. The van der Waals surface area contributed by atoms with Crippen LogP contribution in [0.15, 0.2) is 48.5 Å². The number of nitrogens with one attached hydrogen (secondary N) is 2. The van der Waals surface area contributed by atoms with Gasteiger partial charge in [0.15, 0.2) is 0 Å². The standard InChI is InChI=1S/C19H20F3N3O/c20-19(21,22)15-4-3-5-17(12-15)24-18(26)23-16-8-6-14(7-9-16)13-25-10-1-2-11-25/h3-9,12H,1-2,10-11,13H2,(H2,23,24,26). The number of urea groups is 1. The van der Waals surface area contributed by atoms with Crippen LogP contribution in [0.4, 0.5) is 29.3 Å². The van der Waals surface area contributed by atoms with Crippen LogP contribution >= 0.6 is 0 Å². The lowest BCUT2D eigenvalue weighted by atomic mass is 10.2. The SMILES string of the molecule is O=C(Nc1ccc(CN2CCCC2)cc1)Nc1cccc(C(F)(F)F)c1. The highest BCUT2D eigenvalue weighted by Crippen LogP contribution is 2.30. The van der Waals surface area contributed by atoms with E-state index in [1.807, 2.05) is 12.1 Å². The van der Waals surface area contributed by atoms with Crippen LogP contribution in [0.25, 0.3) is 0 Å². The number of hydrogen-bond donors (Lipinski definition) is 2. The van der Waals surface area contributed by atoms with Crippen LogP contribution in [-0.4, -0.2) is 24.0 Å². The molecule has 0 aliphatic carbocycles. The Bertz CT molecular complexity index is 753. The molecule has 0 saturated carbocycles. The number of carbonyl (C=O) groups is 1. The highest BCUT2D eigenvalue weighted by atomic mass is 19.4. The van der Waals surface area contributed by atoms with E-state index in [2.05, 4.69) is 15.5 Å². The molecule has 2 aromatic rings. The Balaban J connectivity index is 1.56. The van der Waals surface area contributed by atoms with Crippen molar-refractivity contribution >= 4 is 17.4 Å². The molecule has 1 aliphatic rings. The van der Waals surface area contributed by atoms with Crippen LogP contribution in [-0.2, 0) is 12.7 Å². The number of nitrogens with zero attached hydrogens (tertiary/aromatic N) is 1. The lowest BCUT2D eigenvalue weighted by molar-refractivity contribution is -0.137. The Kier molecular flexibility index (Phi) is 5.46. The molecule has 1 heterocycles. The zero-order chi connectivity index (χ0) is 18.6. The number of rotatable bonds is 4. The van der Waals surface area contributed by atoms with E-state index in [1.165, 1.54) is 25.0 Å². The molecule has 0 atom stereocenters. The molecule has 0 unspecified atom stereocenters. The largest absolute Gasteiger partial charge is 0.416 e. The van der Waals surface area contributed by atoms with E-state index in [0.29, 0.717) is 5.69 Å². The van der Waals surface area contributed by atoms with Gasteiger partial charge < -0.3 is 10.6 Å². The second-order valence-corrected chi connectivity index (χ2v) is 6.34. The predicted molar refractivity (Wildman–Crippen MR) is 95.0 cm³/mol. The van der Waals surface area contributed by atoms with E-state index in [-0.39, 0.29) is 5.69 Å². The van der Waals surface area contributed by atoms with E-state index in [1.54, 1.807) is 12.1 Å². The summed E-state index contributed by atoms with van der Waals surface area (Å²) in [6, 6.07) is 11.4. The molecule has 0 spiro atoms. The van der Waals surface area contributed by atoms with E-state index in [9.17, 15) is 18.0 Å². The first-order chi connectivity index (χ1) is 12.4. The van der Waals surface area contributed by atoms with Crippen molar-refractivity contribution in [2.45, 2.75) is 25.6 Å². The first kappa shape index (κ1) is 18.3. The summed E-state index contributed by atoms with van der Waals surface area (Å²) in [5.41, 5.74) is 1.03. The summed E-state index contributed by atoms with van der Waals surface area (Å²) < 4.78 is 38.1. The summed E-state index contributed by atoms with van der Waals surface area (Å²) >= 11 is 0. The molecule has 26 heavy (non-hydrogen) atoms. The smallest absolute Gasteiger partial charge is 0.308 e. The molecule has 1 aliphatic heterocycles. The van der Waals surface area contributed by atoms with Gasteiger partial charge in [0.1, 0.15) is 0 Å². The summed E-state index contributed by atoms with van der Waals surface area (Å²) in [5.74, 6) is 0. The van der Waals surface area contributed by atoms with Gasteiger partial charge in [0.25, 0.3) is 0 Å². The first-order valence-electron chi connectivity index (χ1n) is 8.47. The number of likely N-dealkylation sites (tertiary alicyclic amines) is 1. The molecule has 2 amide bonds. The molecule has 138 valence electrons. The summed E-state index contributed by atoms with van der Waals surface area (Å²) in [7, 11) is 0. The Morgan fingerprint density at radius 2 is 1.62 bits per heavy atom. The van der Waals surface area contributed by atoms with Gasteiger partial charge in [0.05, 0.1) is 5.56 Å². The Hall–Kier alpha value is -2.54. The van der Waals surface area contributed by atoms with E-state index in [4.69, 9.17) is 0 Å². The molecule has 2 N–H and O–H groups in total. The van der Waals surface area contributed by atoms with Gasteiger partial charge in [-0.3, -0.25) is 4.90 Å². The fourth-order valence-electron chi connectivity index (χ4n) is 2.96. The average Bonchev–Trinajstić information content (AvgIpc) is 3.09. The fraction of sp³-hybridized carbons (Fsp3) is 0.316. The van der Waals surface area contributed by atoms with Crippen molar-refractivity contribution in [1.82, 2.24) is 4.90 Å². The van der Waals surface area contributed by atoms with Crippen LogP contribution in [0.3, 0.4) is 0 Å². The van der Waals surface area contributed by atoms with Crippen LogP contribution in [0.5, 0.6) is 0 Å². The first-order valence-corrected chi connectivity index (χ1v) is 8.47. The van der Waals surface area contributed by atoms with Crippen LogP contribution in [0, 0.1) is 0 Å². The second kappa shape index (κ2) is 7.78. The van der Waals surface area contributed by atoms with Crippen molar-refractivity contribution in [2.75, 3.05) is 23.7 Å². The fourth-order valence-corrected chi connectivity index (χ4v) is 2.96. The van der Waals surface area contributed by atoms with Gasteiger partial charge in [0.2, 0.25) is 0 Å². The summed E-state index contributed by atoms with van der Waals surface area (Å²) in [6.07, 6.45) is -1.98. The van der Waals surface area contributed by atoms with Crippen molar-refractivity contribution in [2.24, 2.45) is 0 Å². The molecular formula is C19H20F3N3O. The van der Waals surface area contributed by atoms with Gasteiger partial charge in [-0.25, -0.2) is 4.79 Å². The topological polar surface area (TPSA) is 44.4 Å². The molecule has 3 rings (SSSR count). The predicted octanol–water partition coefficient (Wildman–Crippen LogP) is 4.95. The van der Waals surface area contributed by atoms with Gasteiger partial charge in [-0.05, 0) is 61.8 Å². The van der Waals surface area contributed by atoms with Crippen molar-refractivity contribution in [3.8, 4) is 0 Å². The second-order valence-electron chi connectivity index (χ2n) is 6.34. The molecule has 4 nitrogen and oxygen atoms in total. The van der Waals surface area contributed by atoms with Gasteiger partial charge in [0, 0.05) is 17.9 Å². The van der Waals surface area contributed by atoms with Crippen LogP contribution < -0.4 is 10.6 Å². The summed E-state index contributed by atoms with van der Waals surface area (Å²) in [5, 5.41) is 5.04. The zero-order valence-electron chi connectivity index (χ0n) is 14.1. The molecule has 2 aromatic carbocycles. The van der Waals surface area contributed by atoms with Crippen LogP contribution in [0.2, 0.25) is 0 Å². The summed E-state index contributed by atoms with van der Waals surface area (Å²) in [6.45, 7) is 3.11. The van der Waals surface area contributed by atoms with Crippen molar-refractivity contribution in [3.05, 3.63) is 59.7 Å². The maximum Gasteiger partial charge on any atom is 0.416 e. The number of alkyl halides is 3. The summed E-state index contributed by atoms with van der Waals surface area (Å²) in [4.78, 5) is 14.4. The zero-order valence-corrected chi connectivity index (χ0v) is 14.1. The maximum absolute atomic E-state index is 12.7. The van der Waals surface area contributed by atoms with E-state index < -0.39 is 17.8 Å². The molecule has 0 radical (unpaired) electrons. The molecular weight excluding hydrogens is 343 g/mol. The Labute approximate surface area is 150 Å². The van der Waals surface area contributed by atoms with Crippen molar-refractivity contribution in [1.29, 1.82) is 0 Å². The minimum absolute atomic E-state index is 0.0861. The monoisotopic (exact) mass is 363 g/mol. The molecule has 1 saturated heterocycles. The van der Waals surface area contributed by atoms with E-state index in [0.717, 1.165) is 37.3 Å². The number of amides is 2. The van der Waals surface area contributed by atoms with Gasteiger partial charge in [-0.15, -0.1) is 0 Å². The number of halogens is 3. The molecule has 1 fully saturated rings. The van der Waals surface area contributed by atoms with Crippen LogP contribution in [0.1, 0.15) is 24.0 Å². The van der Waals surface area contributed by atoms with Crippen molar-refractivity contribution in [3.63, 3.8) is 0 Å². The third-order valence-electron chi connectivity index (χ3n) is 4.26. The van der Waals surface area contributed by atoms with Gasteiger partial charge in [-0.1, -0.05) is 18.2 Å². The third-order valence-corrected chi connectivity index (χ3v) is 4.26. The lowest BCUT2D eigenvalue weighted by Crippen LogP contribution is -2.20. The molecule has 0 aromatic heterocycles. The quantitative estimate of drug-likeness (QED) is 0.808. The maximum atomic E-state index is 12.7. The minimum atomic E-state index is -4.45. The average molecular weight is 363 g/mol. The van der Waals surface area contributed by atoms with Gasteiger partial charge in [-0.2, -0.15) is 13.2 Å².